The van der Waals surface area contributed by atoms with E-state index < -0.39 is 5.92 Å². The molecule has 0 aromatic rings. The number of carbonyl (C=O) groups excluding carboxylic acids is 1. The average Bonchev–Trinajstić information content (AvgIpc) is 2.07. The van der Waals surface area contributed by atoms with Crippen LogP contribution in [0.5, 0.6) is 0 Å². The van der Waals surface area contributed by atoms with Gasteiger partial charge in [-0.1, -0.05) is 0 Å². The number of hydrogen-bond acceptors (Lipinski definition) is 3. The molecule has 0 aliphatic heterocycles. The van der Waals surface area contributed by atoms with Crippen molar-refractivity contribution in [1.29, 1.82) is 10.5 Å². The van der Waals surface area contributed by atoms with Crippen LogP contribution in [0.15, 0.2) is 0 Å². The van der Waals surface area contributed by atoms with E-state index >= 15 is 0 Å². The molecule has 0 bridgehead atoms. The third kappa shape index (κ3) is 1.83. The van der Waals surface area contributed by atoms with Gasteiger partial charge in [0.15, 0.2) is 0 Å². The zero-order valence-electron chi connectivity index (χ0n) is 6.79. The van der Waals surface area contributed by atoms with Gasteiger partial charge >= 0.3 is 0 Å². The smallest absolute Gasteiger partial charge is 0.136 e. The molecule has 12 heavy (non-hydrogen) atoms. The van der Waals surface area contributed by atoms with Crippen LogP contribution < -0.4 is 0 Å². The van der Waals surface area contributed by atoms with Crippen molar-refractivity contribution in [3.63, 3.8) is 0 Å². The molecule has 0 heterocycles. The molecular formula is C9H10N2O. The van der Waals surface area contributed by atoms with Gasteiger partial charge in [0.05, 0.1) is 12.1 Å². The highest BCUT2D eigenvalue weighted by atomic mass is 16.1. The third-order valence-electron chi connectivity index (χ3n) is 2.27. The molecule has 62 valence electrons. The Balaban J connectivity index is 2.58. The number of carbonyl (C=O) groups is 1. The van der Waals surface area contributed by atoms with Crippen LogP contribution in [0.25, 0.3) is 0 Å². The lowest BCUT2D eigenvalue weighted by Crippen LogP contribution is -2.20. The first-order chi connectivity index (χ1) is 5.77. The van der Waals surface area contributed by atoms with Crippen LogP contribution in [0.4, 0.5) is 0 Å². The van der Waals surface area contributed by atoms with Crippen molar-refractivity contribution in [2.45, 2.75) is 25.7 Å². The topological polar surface area (TPSA) is 64.7 Å². The minimum Gasteiger partial charge on any atom is -0.300 e. The van der Waals surface area contributed by atoms with E-state index in [2.05, 4.69) is 0 Å². The molecule has 0 radical (unpaired) electrons. The summed E-state index contributed by atoms with van der Waals surface area (Å²) < 4.78 is 0. The number of nitrogens with zero attached hydrogens (tertiary/aromatic N) is 2. The van der Waals surface area contributed by atoms with Crippen LogP contribution in [0.2, 0.25) is 0 Å². The lowest BCUT2D eigenvalue weighted by molar-refractivity contribution is -0.121. The Bertz CT molecular complexity index is 245. The summed E-state index contributed by atoms with van der Waals surface area (Å²) in [7, 11) is 0. The van der Waals surface area contributed by atoms with E-state index in [1.165, 1.54) is 0 Å². The predicted molar refractivity (Wildman–Crippen MR) is 41.7 cm³/mol. The van der Waals surface area contributed by atoms with Gasteiger partial charge in [-0.3, -0.25) is 4.79 Å². The van der Waals surface area contributed by atoms with Crippen molar-refractivity contribution in [3.05, 3.63) is 0 Å². The Morgan fingerprint density at radius 1 is 1.42 bits per heavy atom. The number of ketones is 1. The Morgan fingerprint density at radius 3 is 2.58 bits per heavy atom. The highest BCUT2D eigenvalue weighted by Crippen LogP contribution is 2.27. The summed E-state index contributed by atoms with van der Waals surface area (Å²) >= 11 is 0. The second-order valence-electron chi connectivity index (χ2n) is 3.13. The summed E-state index contributed by atoms with van der Waals surface area (Å²) in [6.45, 7) is 0. The normalized spacial score (nSPS) is 23.2. The minimum absolute atomic E-state index is 0.0127. The second-order valence-corrected chi connectivity index (χ2v) is 3.13. The zero-order valence-corrected chi connectivity index (χ0v) is 6.79. The molecule has 1 fully saturated rings. The van der Waals surface area contributed by atoms with Gasteiger partial charge in [-0.25, -0.2) is 0 Å². The van der Waals surface area contributed by atoms with Crippen molar-refractivity contribution in [1.82, 2.24) is 0 Å². The quantitative estimate of drug-likeness (QED) is 0.585. The van der Waals surface area contributed by atoms with E-state index in [1.54, 1.807) is 0 Å². The Labute approximate surface area is 71.6 Å². The maximum atomic E-state index is 11.0. The van der Waals surface area contributed by atoms with Gasteiger partial charge in [-0.05, 0) is 18.8 Å². The average molecular weight is 162 g/mol. The van der Waals surface area contributed by atoms with Gasteiger partial charge in [0.1, 0.15) is 11.7 Å². The molecule has 0 amide bonds. The van der Waals surface area contributed by atoms with Crippen LogP contribution in [-0.4, -0.2) is 5.78 Å². The van der Waals surface area contributed by atoms with Crippen LogP contribution in [0, 0.1) is 34.5 Å². The van der Waals surface area contributed by atoms with Crippen molar-refractivity contribution in [2.24, 2.45) is 11.8 Å². The third-order valence-corrected chi connectivity index (χ3v) is 2.27. The Hall–Kier alpha value is -1.35. The van der Waals surface area contributed by atoms with Crippen molar-refractivity contribution in [3.8, 4) is 12.1 Å². The molecule has 1 unspecified atom stereocenters. The molecule has 0 spiro atoms. The van der Waals surface area contributed by atoms with E-state index in [4.69, 9.17) is 10.5 Å². The molecule has 1 saturated carbocycles. The van der Waals surface area contributed by atoms with Crippen LogP contribution >= 0.6 is 0 Å². The van der Waals surface area contributed by atoms with Crippen LogP contribution in [0.1, 0.15) is 25.7 Å². The summed E-state index contributed by atoms with van der Waals surface area (Å²) in [6, 6.07) is 3.86. The molecule has 0 saturated heterocycles. The number of rotatable bonds is 1. The number of hydrogen-bond donors (Lipinski definition) is 0. The summed E-state index contributed by atoms with van der Waals surface area (Å²) in [5, 5.41) is 17.2. The fourth-order valence-corrected chi connectivity index (χ4v) is 1.58. The largest absolute Gasteiger partial charge is 0.300 e. The lowest BCUT2D eigenvalue weighted by Gasteiger charge is -2.20. The molecular weight excluding hydrogens is 152 g/mol. The number of nitriles is 2. The molecule has 3 heteroatoms. The minimum atomic E-state index is -0.589. The first-order valence-corrected chi connectivity index (χ1v) is 4.09. The van der Waals surface area contributed by atoms with Crippen LogP contribution in [-0.2, 0) is 4.79 Å². The van der Waals surface area contributed by atoms with Crippen LogP contribution in [0.3, 0.4) is 0 Å². The summed E-state index contributed by atoms with van der Waals surface area (Å²) in [4.78, 5) is 11.0. The summed E-state index contributed by atoms with van der Waals surface area (Å²) in [6.07, 6.45) is 2.73. The van der Waals surface area contributed by atoms with Gasteiger partial charge in [0.2, 0.25) is 0 Å². The first kappa shape index (κ1) is 8.74. The molecule has 1 aliphatic carbocycles. The molecule has 1 aliphatic rings. The maximum Gasteiger partial charge on any atom is 0.136 e. The van der Waals surface area contributed by atoms with E-state index in [9.17, 15) is 4.79 Å². The standard InChI is InChI=1S/C9H10N2O/c10-5-8(6-11)7-2-1-3-9(12)4-7/h7-8H,1-4H2. The highest BCUT2D eigenvalue weighted by molar-refractivity contribution is 5.79. The van der Waals surface area contributed by atoms with E-state index in [0.717, 1.165) is 12.8 Å². The molecule has 0 aromatic carbocycles. The van der Waals surface area contributed by atoms with Crippen molar-refractivity contribution in [2.75, 3.05) is 0 Å². The van der Waals surface area contributed by atoms with E-state index in [0.29, 0.717) is 12.8 Å². The highest BCUT2D eigenvalue weighted by Gasteiger charge is 2.26. The summed E-state index contributed by atoms with van der Waals surface area (Å²) in [5.74, 6) is -0.405. The molecule has 1 rings (SSSR count). The zero-order chi connectivity index (χ0) is 8.97. The van der Waals surface area contributed by atoms with Gasteiger partial charge in [-0.2, -0.15) is 10.5 Å². The van der Waals surface area contributed by atoms with Gasteiger partial charge in [0, 0.05) is 12.8 Å². The second kappa shape index (κ2) is 3.88. The van der Waals surface area contributed by atoms with Gasteiger partial charge < -0.3 is 0 Å². The fourth-order valence-electron chi connectivity index (χ4n) is 1.58. The fraction of sp³-hybridized carbons (Fsp3) is 0.667. The van der Waals surface area contributed by atoms with E-state index in [-0.39, 0.29) is 11.7 Å². The monoisotopic (exact) mass is 162 g/mol. The molecule has 0 aromatic heterocycles. The summed E-state index contributed by atoms with van der Waals surface area (Å²) in [5.41, 5.74) is 0. The molecule has 1 atom stereocenters. The Morgan fingerprint density at radius 2 is 2.08 bits per heavy atom. The lowest BCUT2D eigenvalue weighted by atomic mass is 9.81. The molecule has 3 nitrogen and oxygen atoms in total. The van der Waals surface area contributed by atoms with Gasteiger partial charge in [-0.15, -0.1) is 0 Å². The Kier molecular flexibility index (Phi) is 2.82. The van der Waals surface area contributed by atoms with E-state index in [1.807, 2.05) is 12.1 Å². The van der Waals surface area contributed by atoms with Gasteiger partial charge in [0.25, 0.3) is 0 Å². The van der Waals surface area contributed by atoms with Crippen molar-refractivity contribution < 1.29 is 4.79 Å². The predicted octanol–water partition coefficient (Wildman–Crippen LogP) is 1.41. The maximum absolute atomic E-state index is 11.0. The van der Waals surface area contributed by atoms with Crippen molar-refractivity contribution >= 4 is 5.78 Å². The molecule has 0 N–H and O–H groups in total. The SMILES string of the molecule is N#CC(C#N)C1CCCC(=O)C1. The number of Topliss-reactive ketones (excluding diaryl/α,β-unsaturated/α-hetero) is 1. The first-order valence-electron chi connectivity index (χ1n) is 4.09.